The van der Waals surface area contributed by atoms with Gasteiger partial charge in [0.05, 0.1) is 5.56 Å². The SMILES string of the molecule is Cc1cc(F)ccc1NC(=O)c1cccnc1F. The van der Waals surface area contributed by atoms with Crippen LogP contribution in [0.4, 0.5) is 14.5 Å². The molecular formula is C13H10F2N2O. The molecule has 0 aliphatic carbocycles. The van der Waals surface area contributed by atoms with Gasteiger partial charge in [-0.25, -0.2) is 9.37 Å². The predicted molar refractivity (Wildman–Crippen MR) is 63.3 cm³/mol. The van der Waals surface area contributed by atoms with E-state index in [9.17, 15) is 13.6 Å². The average molecular weight is 248 g/mol. The van der Waals surface area contributed by atoms with Crippen LogP contribution in [0.1, 0.15) is 15.9 Å². The minimum Gasteiger partial charge on any atom is -0.322 e. The largest absolute Gasteiger partial charge is 0.322 e. The highest BCUT2D eigenvalue weighted by atomic mass is 19.1. The molecule has 1 aromatic heterocycles. The van der Waals surface area contributed by atoms with Crippen LogP contribution >= 0.6 is 0 Å². The van der Waals surface area contributed by atoms with Gasteiger partial charge in [-0.3, -0.25) is 4.79 Å². The molecule has 0 saturated carbocycles. The summed E-state index contributed by atoms with van der Waals surface area (Å²) in [7, 11) is 0. The van der Waals surface area contributed by atoms with Gasteiger partial charge in [0.15, 0.2) is 0 Å². The molecule has 5 heteroatoms. The summed E-state index contributed by atoms with van der Waals surface area (Å²) in [6.45, 7) is 1.65. The molecule has 1 amide bonds. The van der Waals surface area contributed by atoms with E-state index in [0.29, 0.717) is 11.3 Å². The summed E-state index contributed by atoms with van der Waals surface area (Å²) in [4.78, 5) is 15.2. The number of hydrogen-bond acceptors (Lipinski definition) is 2. The summed E-state index contributed by atoms with van der Waals surface area (Å²) >= 11 is 0. The second-order valence-electron chi connectivity index (χ2n) is 3.76. The topological polar surface area (TPSA) is 42.0 Å². The Morgan fingerprint density at radius 1 is 1.28 bits per heavy atom. The fraction of sp³-hybridized carbons (Fsp3) is 0.0769. The smallest absolute Gasteiger partial charge is 0.260 e. The molecule has 1 N–H and O–H groups in total. The lowest BCUT2D eigenvalue weighted by molar-refractivity contribution is 0.102. The summed E-state index contributed by atoms with van der Waals surface area (Å²) in [5.74, 6) is -1.84. The third-order valence-electron chi connectivity index (χ3n) is 2.44. The lowest BCUT2D eigenvalue weighted by atomic mass is 10.2. The Kier molecular flexibility index (Phi) is 3.32. The number of nitrogens with one attached hydrogen (secondary N) is 1. The third kappa shape index (κ3) is 2.51. The Hall–Kier alpha value is -2.30. The molecule has 0 aliphatic heterocycles. The molecule has 0 aliphatic rings. The van der Waals surface area contributed by atoms with Crippen molar-refractivity contribution in [1.29, 1.82) is 0 Å². The molecule has 1 heterocycles. The summed E-state index contributed by atoms with van der Waals surface area (Å²) < 4.78 is 26.2. The highest BCUT2D eigenvalue weighted by Crippen LogP contribution is 2.17. The number of anilines is 1. The van der Waals surface area contributed by atoms with Crippen molar-refractivity contribution < 1.29 is 13.6 Å². The first-order valence-electron chi connectivity index (χ1n) is 5.26. The fourth-order valence-electron chi connectivity index (χ4n) is 1.51. The Labute approximate surface area is 102 Å². The Bertz CT molecular complexity index is 599. The molecule has 1 aromatic carbocycles. The van der Waals surface area contributed by atoms with Gasteiger partial charge >= 0.3 is 0 Å². The normalized spacial score (nSPS) is 10.2. The van der Waals surface area contributed by atoms with Crippen LogP contribution in [0, 0.1) is 18.7 Å². The van der Waals surface area contributed by atoms with Gasteiger partial charge < -0.3 is 5.32 Å². The van der Waals surface area contributed by atoms with Crippen molar-refractivity contribution >= 4 is 11.6 Å². The Balaban J connectivity index is 2.24. The van der Waals surface area contributed by atoms with Crippen molar-refractivity contribution in [3.63, 3.8) is 0 Å². The van der Waals surface area contributed by atoms with Crippen LogP contribution in [0.5, 0.6) is 0 Å². The van der Waals surface area contributed by atoms with Gasteiger partial charge in [-0.05, 0) is 42.8 Å². The second-order valence-corrected chi connectivity index (χ2v) is 3.76. The summed E-state index contributed by atoms with van der Waals surface area (Å²) in [6.07, 6.45) is 1.26. The van der Waals surface area contributed by atoms with Gasteiger partial charge in [0, 0.05) is 11.9 Å². The maximum absolute atomic E-state index is 13.3. The zero-order chi connectivity index (χ0) is 13.1. The molecule has 0 atom stereocenters. The number of rotatable bonds is 2. The van der Waals surface area contributed by atoms with Crippen molar-refractivity contribution in [1.82, 2.24) is 4.98 Å². The Morgan fingerprint density at radius 2 is 2.06 bits per heavy atom. The second kappa shape index (κ2) is 4.91. The van der Waals surface area contributed by atoms with Crippen molar-refractivity contribution in [3.05, 3.63) is 59.4 Å². The van der Waals surface area contributed by atoms with Crippen LogP contribution in [0.15, 0.2) is 36.5 Å². The van der Waals surface area contributed by atoms with E-state index in [-0.39, 0.29) is 5.56 Å². The number of aromatic nitrogens is 1. The average Bonchev–Trinajstić information content (AvgIpc) is 2.33. The predicted octanol–water partition coefficient (Wildman–Crippen LogP) is 2.92. The molecule has 0 radical (unpaired) electrons. The van der Waals surface area contributed by atoms with Gasteiger partial charge in [-0.15, -0.1) is 0 Å². The zero-order valence-corrected chi connectivity index (χ0v) is 9.58. The van der Waals surface area contributed by atoms with E-state index in [0.717, 1.165) is 0 Å². The van der Waals surface area contributed by atoms with Crippen LogP contribution in [0.3, 0.4) is 0 Å². The molecule has 0 saturated heterocycles. The maximum Gasteiger partial charge on any atom is 0.260 e. The highest BCUT2D eigenvalue weighted by Gasteiger charge is 2.13. The number of amides is 1. The molecule has 0 fully saturated rings. The van der Waals surface area contributed by atoms with E-state index in [1.165, 1.54) is 36.5 Å². The first kappa shape index (κ1) is 12.2. The standard InChI is InChI=1S/C13H10F2N2O/c1-8-7-9(14)4-5-11(8)17-13(18)10-3-2-6-16-12(10)15/h2-7H,1H3,(H,17,18). The van der Waals surface area contributed by atoms with Crippen molar-refractivity contribution in [2.75, 3.05) is 5.32 Å². The molecule has 0 unspecified atom stereocenters. The summed E-state index contributed by atoms with van der Waals surface area (Å²) in [5.41, 5.74) is 0.846. The van der Waals surface area contributed by atoms with E-state index in [1.807, 2.05) is 0 Å². The highest BCUT2D eigenvalue weighted by molar-refractivity contribution is 6.04. The summed E-state index contributed by atoms with van der Waals surface area (Å²) in [5, 5.41) is 2.51. The molecular weight excluding hydrogens is 238 g/mol. The molecule has 2 aromatic rings. The minimum atomic E-state index is -0.838. The lowest BCUT2D eigenvalue weighted by Crippen LogP contribution is -2.15. The van der Waals surface area contributed by atoms with E-state index >= 15 is 0 Å². The molecule has 2 rings (SSSR count). The van der Waals surface area contributed by atoms with E-state index < -0.39 is 17.7 Å². The van der Waals surface area contributed by atoms with Crippen LogP contribution < -0.4 is 5.32 Å². The number of aryl methyl sites for hydroxylation is 1. The van der Waals surface area contributed by atoms with Gasteiger partial charge in [0.25, 0.3) is 5.91 Å². The molecule has 0 spiro atoms. The number of nitrogens with zero attached hydrogens (tertiary/aromatic N) is 1. The first-order valence-corrected chi connectivity index (χ1v) is 5.26. The number of carbonyl (C=O) groups is 1. The van der Waals surface area contributed by atoms with E-state index in [2.05, 4.69) is 10.3 Å². The van der Waals surface area contributed by atoms with Crippen molar-refractivity contribution in [3.8, 4) is 0 Å². The van der Waals surface area contributed by atoms with Crippen LogP contribution in [0.25, 0.3) is 0 Å². The van der Waals surface area contributed by atoms with Crippen molar-refractivity contribution in [2.24, 2.45) is 0 Å². The number of halogens is 2. The number of pyridine rings is 1. The molecule has 0 bridgehead atoms. The maximum atomic E-state index is 13.3. The fourth-order valence-corrected chi connectivity index (χ4v) is 1.51. The zero-order valence-electron chi connectivity index (χ0n) is 9.58. The Morgan fingerprint density at radius 3 is 2.72 bits per heavy atom. The first-order chi connectivity index (χ1) is 8.58. The van der Waals surface area contributed by atoms with Gasteiger partial charge in [-0.1, -0.05) is 0 Å². The summed E-state index contributed by atoms with van der Waals surface area (Å²) in [6, 6.07) is 6.74. The van der Waals surface area contributed by atoms with Crippen molar-refractivity contribution in [2.45, 2.75) is 6.92 Å². The van der Waals surface area contributed by atoms with E-state index in [1.54, 1.807) is 6.92 Å². The number of benzene rings is 1. The van der Waals surface area contributed by atoms with Gasteiger partial charge in [-0.2, -0.15) is 4.39 Å². The van der Waals surface area contributed by atoms with Crippen LogP contribution in [-0.4, -0.2) is 10.9 Å². The van der Waals surface area contributed by atoms with Gasteiger partial charge in [0.2, 0.25) is 5.95 Å². The number of carbonyl (C=O) groups excluding carboxylic acids is 1. The molecule has 92 valence electrons. The number of hydrogen-bond donors (Lipinski definition) is 1. The molecule has 3 nitrogen and oxygen atoms in total. The third-order valence-corrected chi connectivity index (χ3v) is 2.44. The van der Waals surface area contributed by atoms with Crippen LogP contribution in [0.2, 0.25) is 0 Å². The van der Waals surface area contributed by atoms with Gasteiger partial charge in [0.1, 0.15) is 5.82 Å². The minimum absolute atomic E-state index is 0.152. The quantitative estimate of drug-likeness (QED) is 0.830. The molecule has 18 heavy (non-hydrogen) atoms. The lowest BCUT2D eigenvalue weighted by Gasteiger charge is -2.08. The van der Waals surface area contributed by atoms with Crippen LogP contribution in [-0.2, 0) is 0 Å². The van der Waals surface area contributed by atoms with E-state index in [4.69, 9.17) is 0 Å². The monoisotopic (exact) mass is 248 g/mol.